The molecule has 0 radical (unpaired) electrons. The van der Waals surface area contributed by atoms with E-state index in [1.165, 1.54) is 0 Å². The van der Waals surface area contributed by atoms with Gasteiger partial charge in [-0.2, -0.15) is 0 Å². The zero-order valence-electron chi connectivity index (χ0n) is 10.2. The van der Waals surface area contributed by atoms with Crippen LogP contribution in [0.1, 0.15) is 28.9 Å². The fourth-order valence-electron chi connectivity index (χ4n) is 2.00. The van der Waals surface area contributed by atoms with Crippen molar-refractivity contribution in [2.24, 2.45) is 0 Å². The van der Waals surface area contributed by atoms with Crippen molar-refractivity contribution in [1.29, 1.82) is 0 Å². The molecule has 0 amide bonds. The Kier molecular flexibility index (Phi) is 2.90. The van der Waals surface area contributed by atoms with Gasteiger partial charge in [-0.25, -0.2) is 4.79 Å². The molecule has 17 heavy (non-hydrogen) atoms. The zero-order chi connectivity index (χ0) is 12.6. The molecule has 0 saturated carbocycles. The van der Waals surface area contributed by atoms with Crippen molar-refractivity contribution >= 4 is 16.9 Å². The fourth-order valence-corrected chi connectivity index (χ4v) is 2.00. The number of nitrogens with one attached hydrogen (secondary N) is 1. The van der Waals surface area contributed by atoms with Crippen molar-refractivity contribution < 1.29 is 9.90 Å². The van der Waals surface area contributed by atoms with Gasteiger partial charge in [-0.05, 0) is 38.7 Å². The molecule has 0 bridgehead atoms. The molecule has 2 N–H and O–H groups in total. The minimum atomic E-state index is -0.887. The molecule has 4 heteroatoms. The predicted molar refractivity (Wildman–Crippen MR) is 67.4 cm³/mol. The van der Waals surface area contributed by atoms with Crippen LogP contribution in [0.25, 0.3) is 10.9 Å². The minimum absolute atomic E-state index is 0.171. The second-order valence-corrected chi connectivity index (χ2v) is 4.42. The van der Waals surface area contributed by atoms with Crippen LogP contribution in [0.5, 0.6) is 0 Å². The second-order valence-electron chi connectivity index (χ2n) is 4.42. The van der Waals surface area contributed by atoms with Crippen molar-refractivity contribution in [3.8, 4) is 0 Å². The summed E-state index contributed by atoms with van der Waals surface area (Å²) >= 11 is 0. The summed E-state index contributed by atoms with van der Waals surface area (Å²) in [5.74, 6) is -0.887. The monoisotopic (exact) mass is 232 g/mol. The van der Waals surface area contributed by atoms with Crippen LogP contribution in [-0.4, -0.2) is 35.1 Å². The van der Waals surface area contributed by atoms with Crippen molar-refractivity contribution in [2.75, 3.05) is 14.1 Å². The summed E-state index contributed by atoms with van der Waals surface area (Å²) in [4.78, 5) is 16.4. The van der Waals surface area contributed by atoms with E-state index in [1.807, 2.05) is 26.4 Å². The maximum absolute atomic E-state index is 11.2. The molecule has 1 aromatic carbocycles. The number of benzene rings is 1. The van der Waals surface area contributed by atoms with E-state index in [9.17, 15) is 9.90 Å². The summed E-state index contributed by atoms with van der Waals surface area (Å²) in [6, 6.07) is 5.47. The average molecular weight is 232 g/mol. The summed E-state index contributed by atoms with van der Waals surface area (Å²) in [7, 11) is 3.96. The third kappa shape index (κ3) is 1.91. The van der Waals surface area contributed by atoms with E-state index in [-0.39, 0.29) is 6.04 Å². The molecule has 1 unspecified atom stereocenters. The first-order chi connectivity index (χ1) is 8.02. The number of aromatic carboxylic acids is 1. The van der Waals surface area contributed by atoms with Gasteiger partial charge in [0.2, 0.25) is 0 Å². The van der Waals surface area contributed by atoms with Crippen molar-refractivity contribution in [2.45, 2.75) is 13.0 Å². The molecule has 0 spiro atoms. The van der Waals surface area contributed by atoms with Gasteiger partial charge in [-0.1, -0.05) is 6.07 Å². The largest absolute Gasteiger partial charge is 0.478 e. The fraction of sp³-hybridized carbons (Fsp3) is 0.308. The second kappa shape index (κ2) is 4.22. The van der Waals surface area contributed by atoms with Gasteiger partial charge in [0.15, 0.2) is 0 Å². The molecule has 1 atom stereocenters. The van der Waals surface area contributed by atoms with Gasteiger partial charge in [0, 0.05) is 23.1 Å². The third-order valence-electron chi connectivity index (χ3n) is 3.19. The lowest BCUT2D eigenvalue weighted by Gasteiger charge is -2.19. The van der Waals surface area contributed by atoms with E-state index in [1.54, 1.807) is 12.1 Å². The molecule has 0 aliphatic carbocycles. The normalized spacial score (nSPS) is 13.2. The van der Waals surface area contributed by atoms with E-state index >= 15 is 0 Å². The van der Waals surface area contributed by atoms with Crippen molar-refractivity contribution in [1.82, 2.24) is 9.88 Å². The lowest BCUT2D eigenvalue weighted by molar-refractivity contribution is 0.0699. The van der Waals surface area contributed by atoms with Crippen LogP contribution < -0.4 is 0 Å². The summed E-state index contributed by atoms with van der Waals surface area (Å²) in [6.45, 7) is 2.06. The predicted octanol–water partition coefficient (Wildman–Crippen LogP) is 2.49. The van der Waals surface area contributed by atoms with Gasteiger partial charge in [-0.15, -0.1) is 0 Å². The van der Waals surface area contributed by atoms with Gasteiger partial charge >= 0.3 is 5.97 Å². The van der Waals surface area contributed by atoms with Crippen LogP contribution in [0, 0.1) is 0 Å². The Balaban J connectivity index is 2.69. The molecule has 4 nitrogen and oxygen atoms in total. The Morgan fingerprint density at radius 1 is 1.41 bits per heavy atom. The first-order valence-corrected chi connectivity index (χ1v) is 5.52. The van der Waals surface area contributed by atoms with E-state index in [2.05, 4.69) is 16.8 Å². The maximum Gasteiger partial charge on any atom is 0.336 e. The number of hydrogen-bond acceptors (Lipinski definition) is 2. The zero-order valence-corrected chi connectivity index (χ0v) is 10.2. The Labute approximate surface area is 99.9 Å². The van der Waals surface area contributed by atoms with Crippen molar-refractivity contribution in [3.63, 3.8) is 0 Å². The summed E-state index contributed by atoms with van der Waals surface area (Å²) in [5.41, 5.74) is 2.24. The molecular formula is C13H16N2O2. The highest BCUT2D eigenvalue weighted by atomic mass is 16.4. The number of carbonyl (C=O) groups is 1. The molecule has 90 valence electrons. The molecule has 1 aromatic heterocycles. The lowest BCUT2D eigenvalue weighted by atomic mass is 10.0. The number of H-pyrrole nitrogens is 1. The van der Waals surface area contributed by atoms with E-state index in [4.69, 9.17) is 0 Å². The SMILES string of the molecule is CC(c1c[nH]c2cccc(C(=O)O)c12)N(C)C. The first kappa shape index (κ1) is 11.7. The summed E-state index contributed by atoms with van der Waals surface area (Å²) in [6.07, 6.45) is 1.89. The highest BCUT2D eigenvalue weighted by Gasteiger charge is 2.18. The first-order valence-electron chi connectivity index (χ1n) is 5.52. The van der Waals surface area contributed by atoms with Crippen LogP contribution in [0.4, 0.5) is 0 Å². The number of aromatic nitrogens is 1. The van der Waals surface area contributed by atoms with Crippen LogP contribution >= 0.6 is 0 Å². The van der Waals surface area contributed by atoms with Gasteiger partial charge in [0.05, 0.1) is 5.56 Å². The van der Waals surface area contributed by atoms with Gasteiger partial charge in [0.25, 0.3) is 0 Å². The quantitative estimate of drug-likeness (QED) is 0.854. The van der Waals surface area contributed by atoms with Crippen LogP contribution in [-0.2, 0) is 0 Å². The van der Waals surface area contributed by atoms with Gasteiger partial charge in [0.1, 0.15) is 0 Å². The number of carboxylic acid groups (broad SMARTS) is 1. The standard InChI is InChI=1S/C13H16N2O2/c1-8(15(2)3)10-7-14-11-6-4-5-9(12(10)11)13(16)17/h4-8,14H,1-3H3,(H,16,17). The molecule has 2 rings (SSSR count). The van der Waals surface area contributed by atoms with Crippen molar-refractivity contribution in [3.05, 3.63) is 35.5 Å². The topological polar surface area (TPSA) is 56.3 Å². The number of hydrogen-bond donors (Lipinski definition) is 2. The highest BCUT2D eigenvalue weighted by molar-refractivity contribution is 6.04. The minimum Gasteiger partial charge on any atom is -0.478 e. The van der Waals surface area contributed by atoms with Gasteiger partial charge < -0.3 is 15.0 Å². The highest BCUT2D eigenvalue weighted by Crippen LogP contribution is 2.29. The number of aromatic amines is 1. The Morgan fingerprint density at radius 2 is 2.12 bits per heavy atom. The number of rotatable bonds is 3. The number of fused-ring (bicyclic) bond motifs is 1. The Morgan fingerprint density at radius 3 is 2.71 bits per heavy atom. The molecular weight excluding hydrogens is 216 g/mol. The average Bonchev–Trinajstić information content (AvgIpc) is 2.70. The van der Waals surface area contributed by atoms with E-state index in [0.717, 1.165) is 16.5 Å². The summed E-state index contributed by atoms with van der Waals surface area (Å²) < 4.78 is 0. The number of nitrogens with zero attached hydrogens (tertiary/aromatic N) is 1. The maximum atomic E-state index is 11.2. The van der Waals surface area contributed by atoms with E-state index < -0.39 is 5.97 Å². The molecule has 0 aliphatic rings. The van der Waals surface area contributed by atoms with Crippen LogP contribution in [0.15, 0.2) is 24.4 Å². The third-order valence-corrected chi connectivity index (χ3v) is 3.19. The Bertz CT molecular complexity index is 558. The van der Waals surface area contributed by atoms with Crippen LogP contribution in [0.2, 0.25) is 0 Å². The molecule has 0 aliphatic heterocycles. The van der Waals surface area contributed by atoms with Crippen LogP contribution in [0.3, 0.4) is 0 Å². The Hall–Kier alpha value is -1.81. The molecule has 0 fully saturated rings. The molecule has 1 heterocycles. The lowest BCUT2D eigenvalue weighted by Crippen LogP contribution is -2.16. The number of carboxylic acids is 1. The van der Waals surface area contributed by atoms with Gasteiger partial charge in [-0.3, -0.25) is 0 Å². The summed E-state index contributed by atoms with van der Waals surface area (Å²) in [5, 5.41) is 10.0. The molecule has 0 saturated heterocycles. The smallest absolute Gasteiger partial charge is 0.336 e. The molecule has 2 aromatic rings. The van der Waals surface area contributed by atoms with E-state index in [0.29, 0.717) is 5.56 Å².